The zero-order valence-corrected chi connectivity index (χ0v) is 11.4. The zero-order chi connectivity index (χ0) is 13.7. The van der Waals surface area contributed by atoms with Crippen molar-refractivity contribution >= 4 is 11.9 Å². The summed E-state index contributed by atoms with van der Waals surface area (Å²) >= 11 is 0. The van der Waals surface area contributed by atoms with Crippen molar-refractivity contribution in [1.82, 2.24) is 9.80 Å². The molecule has 0 radical (unpaired) electrons. The zero-order valence-electron chi connectivity index (χ0n) is 11.4. The minimum Gasteiger partial charge on any atom is -0.452 e. The molecule has 2 rings (SSSR count). The monoisotopic (exact) mass is 264 g/mol. The Bertz CT molecular complexity index is 405. The smallest absolute Gasteiger partial charge is 0.303 e. The second-order valence-electron chi connectivity index (χ2n) is 4.98. The molecule has 0 spiro atoms. The number of esters is 1. The number of hydrogen-bond acceptors (Lipinski definition) is 4. The van der Waals surface area contributed by atoms with E-state index < -0.39 is 12.1 Å². The third-order valence-corrected chi connectivity index (χ3v) is 3.45. The van der Waals surface area contributed by atoms with Gasteiger partial charge in [0.15, 0.2) is 6.10 Å². The second-order valence-corrected chi connectivity index (χ2v) is 4.98. The third-order valence-electron chi connectivity index (χ3n) is 3.45. The number of amides is 1. The number of rotatable bonds is 3. The van der Waals surface area contributed by atoms with Crippen molar-refractivity contribution in [3.05, 3.63) is 0 Å². The van der Waals surface area contributed by atoms with Crippen LogP contribution in [0.3, 0.4) is 0 Å². The molecule has 2 aliphatic heterocycles. The lowest BCUT2D eigenvalue weighted by molar-refractivity contribution is -0.154. The van der Waals surface area contributed by atoms with Crippen LogP contribution >= 0.6 is 0 Å². The summed E-state index contributed by atoms with van der Waals surface area (Å²) in [6.45, 7) is 5.43. The van der Waals surface area contributed by atoms with Gasteiger partial charge in [-0.25, -0.2) is 0 Å². The molecule has 0 bridgehead atoms. The summed E-state index contributed by atoms with van der Waals surface area (Å²) in [5.41, 5.74) is 0. The van der Waals surface area contributed by atoms with Gasteiger partial charge in [-0.2, -0.15) is 0 Å². The summed E-state index contributed by atoms with van der Waals surface area (Å²) in [6, 6.07) is 0. The Morgan fingerprint density at radius 2 is 1.95 bits per heavy atom. The van der Waals surface area contributed by atoms with E-state index in [4.69, 9.17) is 4.74 Å². The van der Waals surface area contributed by atoms with Crippen LogP contribution in [0.5, 0.6) is 0 Å². The van der Waals surface area contributed by atoms with Crippen molar-refractivity contribution < 1.29 is 14.3 Å². The number of nitrogens with zero attached hydrogens (tertiary/aromatic N) is 2. The fourth-order valence-electron chi connectivity index (χ4n) is 2.44. The van der Waals surface area contributed by atoms with Gasteiger partial charge in [-0.15, -0.1) is 0 Å². The first kappa shape index (κ1) is 13.9. The minimum absolute atomic E-state index is 0.120. The van der Waals surface area contributed by atoms with Gasteiger partial charge < -0.3 is 9.64 Å². The Kier molecular flexibility index (Phi) is 4.80. The van der Waals surface area contributed by atoms with Crippen molar-refractivity contribution in [2.75, 3.05) is 32.7 Å². The molecule has 104 valence electrons. The summed E-state index contributed by atoms with van der Waals surface area (Å²) < 4.78 is 4.95. The molecule has 2 fully saturated rings. The van der Waals surface area contributed by atoms with E-state index in [1.54, 1.807) is 4.90 Å². The maximum absolute atomic E-state index is 11.9. The van der Waals surface area contributed by atoms with Crippen LogP contribution in [0.15, 0.2) is 0 Å². The summed E-state index contributed by atoms with van der Waals surface area (Å²) in [5.74, 6) is 5.61. The highest BCUT2D eigenvalue weighted by Crippen LogP contribution is 2.14. The fraction of sp³-hybridized carbons (Fsp3) is 0.714. The largest absolute Gasteiger partial charge is 0.452 e. The molecule has 1 atom stereocenters. The standard InChI is InChI=1S/C14H20N2O3/c1-12(17)19-13-6-11-16(14(13)18)10-5-4-9-15-7-2-3-8-15/h13H,2-3,6-11H2,1H3/t13-/m1/s1. The molecule has 0 aromatic heterocycles. The molecule has 0 aromatic rings. The average Bonchev–Trinajstić information content (AvgIpc) is 2.98. The van der Waals surface area contributed by atoms with Gasteiger partial charge in [0, 0.05) is 19.9 Å². The van der Waals surface area contributed by atoms with Crippen molar-refractivity contribution in [2.45, 2.75) is 32.3 Å². The van der Waals surface area contributed by atoms with E-state index >= 15 is 0 Å². The van der Waals surface area contributed by atoms with E-state index in [2.05, 4.69) is 16.7 Å². The molecule has 2 saturated heterocycles. The predicted molar refractivity (Wildman–Crippen MR) is 70.2 cm³/mol. The lowest BCUT2D eigenvalue weighted by Gasteiger charge is -2.13. The average molecular weight is 264 g/mol. The SMILES string of the molecule is CC(=O)O[C@@H]1CCN(CC#CCN2CCCC2)C1=O. The van der Waals surface area contributed by atoms with E-state index in [-0.39, 0.29) is 5.91 Å². The maximum Gasteiger partial charge on any atom is 0.303 e. The Morgan fingerprint density at radius 1 is 1.26 bits per heavy atom. The van der Waals surface area contributed by atoms with Crippen LogP contribution in [-0.4, -0.2) is 60.5 Å². The van der Waals surface area contributed by atoms with Crippen LogP contribution < -0.4 is 0 Å². The van der Waals surface area contributed by atoms with Crippen LogP contribution in [0.2, 0.25) is 0 Å². The van der Waals surface area contributed by atoms with Gasteiger partial charge in [-0.05, 0) is 25.9 Å². The quantitative estimate of drug-likeness (QED) is 0.541. The number of ether oxygens (including phenoxy) is 1. The Labute approximate surface area is 113 Å². The summed E-state index contributed by atoms with van der Waals surface area (Å²) in [5, 5.41) is 0. The van der Waals surface area contributed by atoms with E-state index in [9.17, 15) is 9.59 Å². The molecule has 0 saturated carbocycles. The highest BCUT2D eigenvalue weighted by atomic mass is 16.5. The lowest BCUT2D eigenvalue weighted by atomic mass is 10.3. The van der Waals surface area contributed by atoms with Crippen LogP contribution in [0.25, 0.3) is 0 Å². The summed E-state index contributed by atoms with van der Waals surface area (Å²) in [4.78, 5) is 26.7. The molecule has 2 aliphatic rings. The highest BCUT2D eigenvalue weighted by molar-refractivity contribution is 5.85. The van der Waals surface area contributed by atoms with Gasteiger partial charge in [-0.1, -0.05) is 11.8 Å². The van der Waals surface area contributed by atoms with Crippen LogP contribution in [0.1, 0.15) is 26.2 Å². The van der Waals surface area contributed by atoms with E-state index in [1.807, 2.05) is 0 Å². The first-order valence-electron chi connectivity index (χ1n) is 6.81. The molecular weight excluding hydrogens is 244 g/mol. The van der Waals surface area contributed by atoms with Crippen LogP contribution in [0, 0.1) is 11.8 Å². The van der Waals surface area contributed by atoms with Crippen LogP contribution in [-0.2, 0) is 14.3 Å². The summed E-state index contributed by atoms with van der Waals surface area (Å²) in [7, 11) is 0. The lowest BCUT2D eigenvalue weighted by Crippen LogP contribution is -2.32. The summed E-state index contributed by atoms with van der Waals surface area (Å²) in [6.07, 6.45) is 2.50. The molecular formula is C14H20N2O3. The van der Waals surface area contributed by atoms with Gasteiger partial charge in [0.05, 0.1) is 13.1 Å². The van der Waals surface area contributed by atoms with Gasteiger partial charge in [-0.3, -0.25) is 14.5 Å². The van der Waals surface area contributed by atoms with E-state index in [1.165, 1.54) is 19.8 Å². The van der Waals surface area contributed by atoms with Crippen molar-refractivity contribution in [1.29, 1.82) is 0 Å². The van der Waals surface area contributed by atoms with Gasteiger partial charge in [0.2, 0.25) is 0 Å². The molecule has 5 heteroatoms. The predicted octanol–water partition coefficient (Wildman–Crippen LogP) is 0.250. The Balaban J connectivity index is 1.73. The molecule has 2 heterocycles. The van der Waals surface area contributed by atoms with Gasteiger partial charge >= 0.3 is 5.97 Å². The van der Waals surface area contributed by atoms with Crippen molar-refractivity contribution in [3.8, 4) is 11.8 Å². The highest BCUT2D eigenvalue weighted by Gasteiger charge is 2.33. The normalized spacial score (nSPS) is 23.3. The van der Waals surface area contributed by atoms with Crippen LogP contribution in [0.4, 0.5) is 0 Å². The minimum atomic E-state index is -0.599. The second kappa shape index (κ2) is 6.58. The maximum atomic E-state index is 11.9. The molecule has 0 aromatic carbocycles. The molecule has 5 nitrogen and oxygen atoms in total. The molecule has 0 N–H and O–H groups in total. The van der Waals surface area contributed by atoms with Gasteiger partial charge in [0.25, 0.3) is 5.91 Å². The first-order chi connectivity index (χ1) is 9.16. The van der Waals surface area contributed by atoms with Crippen molar-refractivity contribution in [2.24, 2.45) is 0 Å². The fourth-order valence-corrected chi connectivity index (χ4v) is 2.44. The number of likely N-dealkylation sites (tertiary alicyclic amines) is 2. The molecule has 0 aliphatic carbocycles. The molecule has 19 heavy (non-hydrogen) atoms. The number of carbonyl (C=O) groups is 2. The Hall–Kier alpha value is -1.54. The van der Waals surface area contributed by atoms with Crippen molar-refractivity contribution in [3.63, 3.8) is 0 Å². The number of hydrogen-bond donors (Lipinski definition) is 0. The first-order valence-corrected chi connectivity index (χ1v) is 6.81. The van der Waals surface area contributed by atoms with E-state index in [0.29, 0.717) is 19.5 Å². The topological polar surface area (TPSA) is 49.9 Å². The molecule has 0 unspecified atom stereocenters. The van der Waals surface area contributed by atoms with E-state index in [0.717, 1.165) is 19.6 Å². The Morgan fingerprint density at radius 3 is 2.63 bits per heavy atom. The van der Waals surface area contributed by atoms with Gasteiger partial charge in [0.1, 0.15) is 0 Å². The molecule has 1 amide bonds. The third kappa shape index (κ3) is 3.97. The number of carbonyl (C=O) groups excluding carboxylic acids is 2.